The molecule has 2 N–H and O–H groups in total. The summed E-state index contributed by atoms with van der Waals surface area (Å²) in [5.41, 5.74) is 0.0676. The van der Waals surface area contributed by atoms with Crippen LogP contribution < -0.4 is 10.6 Å². The van der Waals surface area contributed by atoms with Crippen LogP contribution in [0.3, 0.4) is 0 Å². The third-order valence-corrected chi connectivity index (χ3v) is 2.89. The van der Waals surface area contributed by atoms with Gasteiger partial charge in [-0.25, -0.2) is 14.6 Å². The van der Waals surface area contributed by atoms with Gasteiger partial charge in [-0.15, -0.1) is 11.3 Å². The average molecular weight is 281 g/mol. The quantitative estimate of drug-likeness (QED) is 0.834. The van der Waals surface area contributed by atoms with Crippen LogP contribution >= 0.6 is 11.3 Å². The minimum Gasteiger partial charge on any atom is -0.464 e. The van der Waals surface area contributed by atoms with Crippen LogP contribution in [0.15, 0.2) is 28.2 Å². The van der Waals surface area contributed by atoms with Crippen LogP contribution in [0.25, 0.3) is 0 Å². The summed E-state index contributed by atoms with van der Waals surface area (Å²) in [5.74, 6) is -0.361. The van der Waals surface area contributed by atoms with Crippen molar-refractivity contribution in [3.05, 3.63) is 35.4 Å². The number of carbonyl (C=O) groups is 2. The van der Waals surface area contributed by atoms with Gasteiger partial charge in [-0.1, -0.05) is 0 Å². The number of thiophene rings is 1. The number of hydrogen-bond donors (Lipinski definition) is 2. The van der Waals surface area contributed by atoms with Gasteiger partial charge in [-0.2, -0.15) is 0 Å². The van der Waals surface area contributed by atoms with E-state index in [1.165, 1.54) is 24.7 Å². The van der Waals surface area contributed by atoms with Crippen molar-refractivity contribution >= 4 is 28.3 Å². The van der Waals surface area contributed by atoms with Gasteiger partial charge in [0.15, 0.2) is 5.69 Å². The number of amides is 2. The highest BCUT2D eigenvalue weighted by atomic mass is 32.1. The lowest BCUT2D eigenvalue weighted by Crippen LogP contribution is -2.27. The van der Waals surface area contributed by atoms with Crippen LogP contribution in [0.4, 0.5) is 9.80 Å². The van der Waals surface area contributed by atoms with E-state index in [0.717, 1.165) is 5.00 Å². The molecule has 0 saturated heterocycles. The molecule has 0 aromatic carbocycles. The van der Waals surface area contributed by atoms with Crippen LogP contribution in [0.1, 0.15) is 16.4 Å². The minimum atomic E-state index is -0.585. The van der Waals surface area contributed by atoms with Gasteiger partial charge in [0.05, 0.1) is 18.7 Å². The molecule has 19 heavy (non-hydrogen) atoms. The number of nitrogens with zero attached hydrogens (tertiary/aromatic N) is 1. The SMILES string of the molecule is COC(=O)c1coc(CNC(=O)Nc2cccs2)n1. The van der Waals surface area contributed by atoms with E-state index < -0.39 is 5.97 Å². The summed E-state index contributed by atoms with van der Waals surface area (Å²) in [7, 11) is 1.25. The van der Waals surface area contributed by atoms with E-state index in [0.29, 0.717) is 0 Å². The zero-order valence-electron chi connectivity index (χ0n) is 10.0. The molecule has 0 aliphatic heterocycles. The summed E-state index contributed by atoms with van der Waals surface area (Å²) in [6.45, 7) is 0.0776. The number of hydrogen-bond acceptors (Lipinski definition) is 6. The topological polar surface area (TPSA) is 93.5 Å². The average Bonchev–Trinajstić information content (AvgIpc) is 3.06. The summed E-state index contributed by atoms with van der Waals surface area (Å²) < 4.78 is 9.51. The van der Waals surface area contributed by atoms with Crippen molar-refractivity contribution in [2.75, 3.05) is 12.4 Å². The first-order valence-electron chi connectivity index (χ1n) is 5.30. The van der Waals surface area contributed by atoms with Crippen LogP contribution in [0, 0.1) is 0 Å². The summed E-state index contributed by atoms with van der Waals surface area (Å²) in [4.78, 5) is 26.5. The second-order valence-electron chi connectivity index (χ2n) is 3.40. The molecule has 0 spiro atoms. The Labute approximate surface area is 112 Å². The third kappa shape index (κ3) is 3.55. The summed E-state index contributed by atoms with van der Waals surface area (Å²) in [6, 6.07) is 3.24. The van der Waals surface area contributed by atoms with E-state index in [1.807, 2.05) is 11.4 Å². The minimum absolute atomic E-state index is 0.0676. The number of ether oxygens (including phenoxy) is 1. The Balaban J connectivity index is 1.83. The van der Waals surface area contributed by atoms with Gasteiger partial charge in [-0.05, 0) is 17.5 Å². The first kappa shape index (κ1) is 13.1. The summed E-state index contributed by atoms with van der Waals surface area (Å²) >= 11 is 1.41. The molecule has 0 fully saturated rings. The van der Waals surface area contributed by atoms with Crippen molar-refractivity contribution in [3.63, 3.8) is 0 Å². The van der Waals surface area contributed by atoms with E-state index in [9.17, 15) is 9.59 Å². The standard InChI is InChI=1S/C11H11N3O4S/c1-17-10(15)7-6-18-8(13-7)5-12-11(16)14-9-3-2-4-19-9/h2-4,6H,5H2,1H3,(H2,12,14,16). The lowest BCUT2D eigenvalue weighted by atomic mass is 10.5. The number of rotatable bonds is 4. The molecular weight excluding hydrogens is 270 g/mol. The molecule has 0 saturated carbocycles. The highest BCUT2D eigenvalue weighted by Gasteiger charge is 2.12. The number of methoxy groups -OCH3 is 1. The Morgan fingerprint density at radius 1 is 1.53 bits per heavy atom. The Bertz CT molecular complexity index is 564. The van der Waals surface area contributed by atoms with Gasteiger partial charge in [0, 0.05) is 0 Å². The zero-order valence-corrected chi connectivity index (χ0v) is 10.8. The second-order valence-corrected chi connectivity index (χ2v) is 4.35. The van der Waals surface area contributed by atoms with E-state index >= 15 is 0 Å². The zero-order chi connectivity index (χ0) is 13.7. The Morgan fingerprint density at radius 3 is 3.05 bits per heavy atom. The van der Waals surface area contributed by atoms with E-state index in [4.69, 9.17) is 4.42 Å². The number of oxazole rings is 1. The van der Waals surface area contributed by atoms with E-state index in [-0.39, 0.29) is 24.2 Å². The fraction of sp³-hybridized carbons (Fsp3) is 0.182. The van der Waals surface area contributed by atoms with Crippen molar-refractivity contribution in [2.24, 2.45) is 0 Å². The lowest BCUT2D eigenvalue weighted by Gasteiger charge is -2.02. The summed E-state index contributed by atoms with van der Waals surface area (Å²) in [6.07, 6.45) is 1.18. The number of aromatic nitrogens is 1. The third-order valence-electron chi connectivity index (χ3n) is 2.10. The molecule has 7 nitrogen and oxygen atoms in total. The molecular formula is C11H11N3O4S. The van der Waals surface area contributed by atoms with Gasteiger partial charge < -0.3 is 14.5 Å². The van der Waals surface area contributed by atoms with Crippen molar-refractivity contribution in [2.45, 2.75) is 6.54 Å². The van der Waals surface area contributed by atoms with E-state index in [2.05, 4.69) is 20.4 Å². The summed E-state index contributed by atoms with van der Waals surface area (Å²) in [5, 5.41) is 7.79. The fourth-order valence-corrected chi connectivity index (χ4v) is 1.86. The molecule has 0 radical (unpaired) electrons. The van der Waals surface area contributed by atoms with Gasteiger partial charge in [-0.3, -0.25) is 5.32 Å². The first-order valence-corrected chi connectivity index (χ1v) is 6.18. The van der Waals surface area contributed by atoms with Gasteiger partial charge in [0.2, 0.25) is 5.89 Å². The lowest BCUT2D eigenvalue weighted by molar-refractivity contribution is 0.0594. The molecule has 2 aromatic rings. The highest BCUT2D eigenvalue weighted by Crippen LogP contribution is 2.14. The number of carbonyl (C=O) groups excluding carboxylic acids is 2. The van der Waals surface area contributed by atoms with Crippen LogP contribution in [-0.2, 0) is 11.3 Å². The molecule has 2 aromatic heterocycles. The van der Waals surface area contributed by atoms with Gasteiger partial charge >= 0.3 is 12.0 Å². The predicted octanol–water partition coefficient (Wildman–Crippen LogP) is 1.84. The molecule has 0 bridgehead atoms. The number of urea groups is 1. The smallest absolute Gasteiger partial charge is 0.360 e. The number of anilines is 1. The van der Waals surface area contributed by atoms with Gasteiger partial charge in [0.25, 0.3) is 0 Å². The molecule has 2 rings (SSSR count). The van der Waals surface area contributed by atoms with Gasteiger partial charge in [0.1, 0.15) is 6.26 Å². The largest absolute Gasteiger partial charge is 0.464 e. The Kier molecular flexibility index (Phi) is 4.14. The Hall–Kier alpha value is -2.35. The molecule has 2 heterocycles. The van der Waals surface area contributed by atoms with Crippen molar-refractivity contribution in [1.29, 1.82) is 0 Å². The number of esters is 1. The molecule has 8 heteroatoms. The van der Waals surface area contributed by atoms with Crippen LogP contribution in [-0.4, -0.2) is 24.1 Å². The predicted molar refractivity (Wildman–Crippen MR) is 68.0 cm³/mol. The van der Waals surface area contributed by atoms with Crippen LogP contribution in [0.5, 0.6) is 0 Å². The molecule has 0 unspecified atom stereocenters. The van der Waals surface area contributed by atoms with Crippen LogP contribution in [0.2, 0.25) is 0 Å². The molecule has 0 aliphatic rings. The van der Waals surface area contributed by atoms with Crippen molar-refractivity contribution in [1.82, 2.24) is 10.3 Å². The second kappa shape index (κ2) is 6.01. The van der Waals surface area contributed by atoms with E-state index in [1.54, 1.807) is 6.07 Å². The fourth-order valence-electron chi connectivity index (χ4n) is 1.25. The maximum Gasteiger partial charge on any atom is 0.360 e. The first-order chi connectivity index (χ1) is 9.19. The molecule has 100 valence electrons. The number of nitrogens with one attached hydrogen (secondary N) is 2. The molecule has 0 aliphatic carbocycles. The monoisotopic (exact) mass is 281 g/mol. The normalized spacial score (nSPS) is 9.95. The Morgan fingerprint density at radius 2 is 2.37 bits per heavy atom. The maximum atomic E-state index is 11.5. The van der Waals surface area contributed by atoms with Crippen molar-refractivity contribution in [3.8, 4) is 0 Å². The van der Waals surface area contributed by atoms with Crippen molar-refractivity contribution < 1.29 is 18.7 Å². The highest BCUT2D eigenvalue weighted by molar-refractivity contribution is 7.14. The maximum absolute atomic E-state index is 11.5. The molecule has 0 atom stereocenters. The molecule has 2 amide bonds.